The first-order valence-corrected chi connectivity index (χ1v) is 8.22. The van der Waals surface area contributed by atoms with Gasteiger partial charge in [-0.3, -0.25) is 4.79 Å². The van der Waals surface area contributed by atoms with E-state index in [-0.39, 0.29) is 17.6 Å². The van der Waals surface area contributed by atoms with Gasteiger partial charge < -0.3 is 9.64 Å². The van der Waals surface area contributed by atoms with Crippen molar-refractivity contribution in [3.05, 3.63) is 71.5 Å². The van der Waals surface area contributed by atoms with Gasteiger partial charge in [-0.2, -0.15) is 0 Å². The lowest BCUT2D eigenvalue weighted by atomic mass is 9.88. The fraction of sp³-hybridized carbons (Fsp3) is 0.350. The molecule has 0 radical (unpaired) electrons. The lowest BCUT2D eigenvalue weighted by Gasteiger charge is -2.24. The van der Waals surface area contributed by atoms with Crippen LogP contribution in [-0.2, 0) is 9.53 Å². The number of carbonyl (C=O) groups is 1. The first-order chi connectivity index (χ1) is 11.7. The van der Waals surface area contributed by atoms with Crippen LogP contribution < -0.4 is 0 Å². The molecule has 128 valence electrons. The van der Waals surface area contributed by atoms with Gasteiger partial charge in [-0.05, 0) is 30.2 Å². The van der Waals surface area contributed by atoms with E-state index in [2.05, 4.69) is 0 Å². The van der Waals surface area contributed by atoms with Crippen LogP contribution in [0.15, 0.2) is 54.6 Å². The molecule has 0 aliphatic heterocycles. The van der Waals surface area contributed by atoms with Gasteiger partial charge >= 0.3 is 0 Å². The highest BCUT2D eigenvalue weighted by Crippen LogP contribution is 2.28. The van der Waals surface area contributed by atoms with Gasteiger partial charge in [0, 0.05) is 32.5 Å². The quantitative estimate of drug-likeness (QED) is 0.736. The van der Waals surface area contributed by atoms with Crippen molar-refractivity contribution in [2.75, 3.05) is 26.8 Å². The van der Waals surface area contributed by atoms with E-state index in [0.29, 0.717) is 26.1 Å². The van der Waals surface area contributed by atoms with E-state index in [9.17, 15) is 9.18 Å². The third-order valence-electron chi connectivity index (χ3n) is 4.15. The van der Waals surface area contributed by atoms with Gasteiger partial charge in [0.05, 0.1) is 6.61 Å². The minimum Gasteiger partial charge on any atom is -0.383 e. The second-order valence-corrected chi connectivity index (χ2v) is 5.69. The summed E-state index contributed by atoms with van der Waals surface area (Å²) in [5, 5.41) is 0. The third kappa shape index (κ3) is 4.90. The van der Waals surface area contributed by atoms with Crippen molar-refractivity contribution >= 4 is 5.91 Å². The molecule has 3 nitrogen and oxygen atoms in total. The van der Waals surface area contributed by atoms with Gasteiger partial charge in [0.2, 0.25) is 5.91 Å². The maximum Gasteiger partial charge on any atom is 0.223 e. The first-order valence-electron chi connectivity index (χ1n) is 8.22. The Bertz CT molecular complexity index is 628. The number of hydrogen-bond acceptors (Lipinski definition) is 2. The van der Waals surface area contributed by atoms with Crippen LogP contribution in [0.3, 0.4) is 0 Å². The fourth-order valence-electron chi connectivity index (χ4n) is 2.77. The number of amides is 1. The van der Waals surface area contributed by atoms with Crippen LogP contribution in [0.25, 0.3) is 0 Å². The number of ether oxygens (including phenoxy) is 1. The Morgan fingerprint density at radius 3 is 2.29 bits per heavy atom. The van der Waals surface area contributed by atoms with Crippen molar-refractivity contribution in [3.8, 4) is 0 Å². The molecular weight excluding hydrogens is 305 g/mol. The summed E-state index contributed by atoms with van der Waals surface area (Å²) in [5.74, 6) is -0.282. The Kier molecular flexibility index (Phi) is 6.94. The molecule has 0 bridgehead atoms. The number of rotatable bonds is 8. The number of benzene rings is 2. The van der Waals surface area contributed by atoms with E-state index >= 15 is 0 Å². The zero-order chi connectivity index (χ0) is 17.4. The maximum atomic E-state index is 13.2. The van der Waals surface area contributed by atoms with Gasteiger partial charge in [0.25, 0.3) is 0 Å². The van der Waals surface area contributed by atoms with Gasteiger partial charge in [-0.25, -0.2) is 4.39 Å². The SMILES string of the molecule is CCN(CCOC)C(=O)C[C@@H](c1ccccc1)c1ccc(F)cc1. The van der Waals surface area contributed by atoms with Crippen LogP contribution in [0.2, 0.25) is 0 Å². The van der Waals surface area contributed by atoms with Gasteiger partial charge in [-0.15, -0.1) is 0 Å². The number of nitrogens with zero attached hydrogens (tertiary/aromatic N) is 1. The van der Waals surface area contributed by atoms with Crippen LogP contribution in [0.1, 0.15) is 30.4 Å². The molecule has 4 heteroatoms. The van der Waals surface area contributed by atoms with Crippen LogP contribution in [0.4, 0.5) is 4.39 Å². The monoisotopic (exact) mass is 329 g/mol. The first kappa shape index (κ1) is 18.1. The lowest BCUT2D eigenvalue weighted by molar-refractivity contribution is -0.131. The summed E-state index contributed by atoms with van der Waals surface area (Å²) in [7, 11) is 1.63. The van der Waals surface area contributed by atoms with Crippen molar-refractivity contribution in [3.63, 3.8) is 0 Å². The molecule has 0 heterocycles. The van der Waals surface area contributed by atoms with Gasteiger partial charge in [-0.1, -0.05) is 42.5 Å². The molecule has 0 saturated carbocycles. The molecule has 0 spiro atoms. The molecule has 2 rings (SSSR count). The molecule has 1 atom stereocenters. The molecule has 24 heavy (non-hydrogen) atoms. The molecule has 0 unspecified atom stereocenters. The molecule has 0 N–H and O–H groups in total. The number of halogens is 1. The summed E-state index contributed by atoms with van der Waals surface area (Å²) in [6, 6.07) is 16.3. The summed E-state index contributed by atoms with van der Waals surface area (Å²) in [5.41, 5.74) is 2.00. The molecule has 0 saturated heterocycles. The van der Waals surface area contributed by atoms with E-state index in [1.165, 1.54) is 12.1 Å². The van der Waals surface area contributed by atoms with Crippen molar-refractivity contribution in [1.29, 1.82) is 0 Å². The summed E-state index contributed by atoms with van der Waals surface area (Å²) in [6.45, 7) is 3.71. The number of methoxy groups -OCH3 is 1. The van der Waals surface area contributed by atoms with Crippen molar-refractivity contribution in [2.24, 2.45) is 0 Å². The summed E-state index contributed by atoms with van der Waals surface area (Å²) < 4.78 is 18.3. The highest BCUT2D eigenvalue weighted by Gasteiger charge is 2.21. The molecule has 2 aromatic rings. The molecule has 2 aromatic carbocycles. The standard InChI is InChI=1S/C20H24FNO2/c1-3-22(13-14-24-2)20(23)15-19(16-7-5-4-6-8-16)17-9-11-18(21)12-10-17/h4-12,19H,3,13-15H2,1-2H3/t19-/m0/s1. The summed E-state index contributed by atoms with van der Waals surface area (Å²) in [6.07, 6.45) is 0.354. The smallest absolute Gasteiger partial charge is 0.223 e. The van der Waals surface area contributed by atoms with Crippen LogP contribution >= 0.6 is 0 Å². The van der Waals surface area contributed by atoms with Crippen molar-refractivity contribution < 1.29 is 13.9 Å². The Morgan fingerprint density at radius 1 is 1.08 bits per heavy atom. The van der Waals surface area contributed by atoms with E-state index < -0.39 is 0 Å². The van der Waals surface area contributed by atoms with E-state index in [0.717, 1.165) is 11.1 Å². The van der Waals surface area contributed by atoms with Crippen molar-refractivity contribution in [1.82, 2.24) is 4.90 Å². The van der Waals surface area contributed by atoms with Crippen LogP contribution in [0, 0.1) is 5.82 Å². The predicted molar refractivity (Wildman–Crippen MR) is 93.4 cm³/mol. The van der Waals surface area contributed by atoms with E-state index in [4.69, 9.17) is 4.74 Å². The van der Waals surface area contributed by atoms with Gasteiger partial charge in [0.1, 0.15) is 5.82 Å². The van der Waals surface area contributed by atoms with Crippen LogP contribution in [-0.4, -0.2) is 37.6 Å². The zero-order valence-corrected chi connectivity index (χ0v) is 14.2. The largest absolute Gasteiger partial charge is 0.383 e. The lowest BCUT2D eigenvalue weighted by Crippen LogP contribution is -2.34. The number of carbonyl (C=O) groups excluding carboxylic acids is 1. The van der Waals surface area contributed by atoms with Gasteiger partial charge in [0.15, 0.2) is 0 Å². The number of likely N-dealkylation sites (N-methyl/N-ethyl adjacent to an activating group) is 1. The fourth-order valence-corrected chi connectivity index (χ4v) is 2.77. The molecule has 0 aliphatic rings. The Labute approximate surface area is 143 Å². The van der Waals surface area contributed by atoms with E-state index in [1.807, 2.05) is 37.3 Å². The minimum absolute atomic E-state index is 0.0766. The molecule has 0 aromatic heterocycles. The van der Waals surface area contributed by atoms with E-state index in [1.54, 1.807) is 24.1 Å². The molecular formula is C20H24FNO2. The average Bonchev–Trinajstić information content (AvgIpc) is 2.62. The minimum atomic E-state index is -0.271. The Hall–Kier alpha value is -2.20. The highest BCUT2D eigenvalue weighted by molar-refractivity contribution is 5.77. The summed E-state index contributed by atoms with van der Waals surface area (Å²) in [4.78, 5) is 14.5. The van der Waals surface area contributed by atoms with Crippen LogP contribution in [0.5, 0.6) is 0 Å². The summed E-state index contributed by atoms with van der Waals surface area (Å²) >= 11 is 0. The molecule has 0 aliphatic carbocycles. The second kappa shape index (κ2) is 9.18. The highest BCUT2D eigenvalue weighted by atomic mass is 19.1. The Morgan fingerprint density at radius 2 is 1.71 bits per heavy atom. The normalized spacial score (nSPS) is 12.0. The molecule has 0 fully saturated rings. The average molecular weight is 329 g/mol. The third-order valence-corrected chi connectivity index (χ3v) is 4.15. The second-order valence-electron chi connectivity index (χ2n) is 5.69. The van der Waals surface area contributed by atoms with Crippen molar-refractivity contribution in [2.45, 2.75) is 19.3 Å². The number of hydrogen-bond donors (Lipinski definition) is 0. The Balaban J connectivity index is 2.23. The zero-order valence-electron chi connectivity index (χ0n) is 14.2. The molecule has 1 amide bonds. The predicted octanol–water partition coefficient (Wildman–Crippen LogP) is 3.84. The maximum absolute atomic E-state index is 13.2. The topological polar surface area (TPSA) is 29.5 Å².